The summed E-state index contributed by atoms with van der Waals surface area (Å²) in [5.74, 6) is 0.910. The van der Waals surface area contributed by atoms with Crippen molar-refractivity contribution < 1.29 is 4.79 Å². The predicted molar refractivity (Wildman–Crippen MR) is 49.8 cm³/mol. The molecule has 1 atom stereocenters. The minimum Gasteiger partial charge on any atom is -0.346 e. The van der Waals surface area contributed by atoms with Gasteiger partial charge in [0.25, 0.3) is 0 Å². The van der Waals surface area contributed by atoms with Crippen LogP contribution < -0.4 is 0 Å². The van der Waals surface area contributed by atoms with Crippen molar-refractivity contribution in [2.45, 2.75) is 33.6 Å². The second-order valence-electron chi connectivity index (χ2n) is 4.55. The Hall–Kier alpha value is -0.530. The Kier molecular flexibility index (Phi) is 2.45. The first-order chi connectivity index (χ1) is 5.46. The van der Waals surface area contributed by atoms with Crippen molar-refractivity contribution in [2.75, 3.05) is 13.6 Å². The van der Waals surface area contributed by atoms with E-state index >= 15 is 0 Å². The Morgan fingerprint density at radius 2 is 2.08 bits per heavy atom. The molecule has 2 nitrogen and oxygen atoms in total. The number of hydrogen-bond acceptors (Lipinski definition) is 1. The van der Waals surface area contributed by atoms with Crippen molar-refractivity contribution in [1.82, 2.24) is 4.90 Å². The molecule has 0 aromatic heterocycles. The molecule has 0 aliphatic carbocycles. The summed E-state index contributed by atoms with van der Waals surface area (Å²) in [6.45, 7) is 7.56. The zero-order chi connectivity index (χ0) is 9.35. The zero-order valence-electron chi connectivity index (χ0n) is 8.55. The van der Waals surface area contributed by atoms with Crippen LogP contribution in [0.5, 0.6) is 0 Å². The van der Waals surface area contributed by atoms with Gasteiger partial charge in [-0.1, -0.05) is 20.8 Å². The molecule has 70 valence electrons. The fraction of sp³-hybridized carbons (Fsp3) is 0.900. The summed E-state index contributed by atoms with van der Waals surface area (Å²) in [6, 6.07) is 0. The molecular formula is C10H19NO. The minimum atomic E-state index is 0.240. The summed E-state index contributed by atoms with van der Waals surface area (Å²) in [5.41, 5.74) is 0.240. The van der Waals surface area contributed by atoms with Gasteiger partial charge < -0.3 is 4.90 Å². The first-order valence-corrected chi connectivity index (χ1v) is 4.70. The zero-order valence-corrected chi connectivity index (χ0v) is 8.55. The van der Waals surface area contributed by atoms with Crippen LogP contribution in [0.25, 0.3) is 0 Å². The van der Waals surface area contributed by atoms with Gasteiger partial charge in [0.15, 0.2) is 0 Å². The molecular weight excluding hydrogens is 150 g/mol. The average Bonchev–Trinajstić information content (AvgIpc) is 1.97. The highest BCUT2D eigenvalue weighted by Gasteiger charge is 2.35. The van der Waals surface area contributed by atoms with Crippen LogP contribution in [-0.2, 0) is 4.79 Å². The van der Waals surface area contributed by atoms with E-state index in [9.17, 15) is 4.79 Å². The van der Waals surface area contributed by atoms with Gasteiger partial charge in [-0.2, -0.15) is 0 Å². The summed E-state index contributed by atoms with van der Waals surface area (Å²) in [5, 5.41) is 0. The van der Waals surface area contributed by atoms with Crippen LogP contribution in [0.3, 0.4) is 0 Å². The Morgan fingerprint density at radius 1 is 1.50 bits per heavy atom. The molecule has 1 heterocycles. The van der Waals surface area contributed by atoms with Crippen LogP contribution in [-0.4, -0.2) is 24.4 Å². The molecule has 1 fully saturated rings. The van der Waals surface area contributed by atoms with Gasteiger partial charge in [0.1, 0.15) is 0 Å². The highest BCUT2D eigenvalue weighted by atomic mass is 16.2. The van der Waals surface area contributed by atoms with Crippen LogP contribution >= 0.6 is 0 Å². The lowest BCUT2D eigenvalue weighted by atomic mass is 9.71. The maximum Gasteiger partial charge on any atom is 0.222 e. The summed E-state index contributed by atoms with van der Waals surface area (Å²) in [7, 11) is 1.89. The van der Waals surface area contributed by atoms with Crippen molar-refractivity contribution >= 4 is 5.91 Å². The maximum absolute atomic E-state index is 11.4. The van der Waals surface area contributed by atoms with Gasteiger partial charge in [0.2, 0.25) is 5.91 Å². The van der Waals surface area contributed by atoms with Gasteiger partial charge in [-0.25, -0.2) is 0 Å². The second-order valence-corrected chi connectivity index (χ2v) is 4.55. The second kappa shape index (κ2) is 3.08. The lowest BCUT2D eigenvalue weighted by Gasteiger charge is -2.40. The van der Waals surface area contributed by atoms with Gasteiger partial charge in [-0.15, -0.1) is 0 Å². The number of piperidine rings is 1. The van der Waals surface area contributed by atoms with E-state index in [0.29, 0.717) is 11.8 Å². The third-order valence-corrected chi connectivity index (χ3v) is 3.39. The van der Waals surface area contributed by atoms with Gasteiger partial charge in [-0.3, -0.25) is 4.79 Å². The molecule has 0 aromatic carbocycles. The normalized spacial score (nSPS) is 31.4. The first-order valence-electron chi connectivity index (χ1n) is 4.70. The monoisotopic (exact) mass is 169 g/mol. The molecule has 1 aliphatic rings. The lowest BCUT2D eigenvalue weighted by molar-refractivity contribution is -0.137. The van der Waals surface area contributed by atoms with Crippen LogP contribution in [0.1, 0.15) is 33.6 Å². The Labute approximate surface area is 74.9 Å². The SMILES string of the molecule is CC(C)C1(C)CCN(C)C(=O)C1. The molecule has 0 bridgehead atoms. The van der Waals surface area contributed by atoms with Crippen LogP contribution in [0.2, 0.25) is 0 Å². The minimum absolute atomic E-state index is 0.240. The summed E-state index contributed by atoms with van der Waals surface area (Å²) in [6.07, 6.45) is 1.87. The largest absolute Gasteiger partial charge is 0.346 e. The highest BCUT2D eigenvalue weighted by molar-refractivity contribution is 5.77. The third kappa shape index (κ3) is 1.62. The number of amides is 1. The number of hydrogen-bond donors (Lipinski definition) is 0. The Bertz CT molecular complexity index is 188. The standard InChI is InChI=1S/C10H19NO/c1-8(2)10(3)5-6-11(4)9(12)7-10/h8H,5-7H2,1-4H3. The molecule has 1 unspecified atom stereocenters. The molecule has 0 radical (unpaired) electrons. The van der Waals surface area contributed by atoms with E-state index in [1.54, 1.807) is 0 Å². The maximum atomic E-state index is 11.4. The quantitative estimate of drug-likeness (QED) is 0.587. The molecule has 12 heavy (non-hydrogen) atoms. The van der Waals surface area contributed by atoms with Crippen molar-refractivity contribution in [1.29, 1.82) is 0 Å². The van der Waals surface area contributed by atoms with Crippen molar-refractivity contribution in [3.05, 3.63) is 0 Å². The van der Waals surface area contributed by atoms with E-state index in [1.807, 2.05) is 11.9 Å². The van der Waals surface area contributed by atoms with Gasteiger partial charge >= 0.3 is 0 Å². The van der Waals surface area contributed by atoms with E-state index in [2.05, 4.69) is 20.8 Å². The number of nitrogens with zero attached hydrogens (tertiary/aromatic N) is 1. The molecule has 0 N–H and O–H groups in total. The van der Waals surface area contributed by atoms with E-state index < -0.39 is 0 Å². The molecule has 2 heteroatoms. The van der Waals surface area contributed by atoms with Crippen LogP contribution in [0.4, 0.5) is 0 Å². The molecule has 0 spiro atoms. The molecule has 1 rings (SSSR count). The molecule has 1 aliphatic heterocycles. The van der Waals surface area contributed by atoms with Crippen LogP contribution in [0.15, 0.2) is 0 Å². The Balaban J connectivity index is 2.67. The van der Waals surface area contributed by atoms with E-state index in [1.165, 1.54) is 0 Å². The number of carbonyl (C=O) groups excluding carboxylic acids is 1. The predicted octanol–water partition coefficient (Wildman–Crippen LogP) is 1.90. The smallest absolute Gasteiger partial charge is 0.222 e. The van der Waals surface area contributed by atoms with Gasteiger partial charge in [0.05, 0.1) is 0 Å². The van der Waals surface area contributed by atoms with Gasteiger partial charge in [-0.05, 0) is 17.8 Å². The van der Waals surface area contributed by atoms with E-state index in [4.69, 9.17) is 0 Å². The summed E-state index contributed by atoms with van der Waals surface area (Å²) >= 11 is 0. The number of carbonyl (C=O) groups is 1. The fourth-order valence-electron chi connectivity index (χ4n) is 1.61. The first kappa shape index (κ1) is 9.56. The van der Waals surface area contributed by atoms with Gasteiger partial charge in [0, 0.05) is 20.0 Å². The molecule has 1 saturated heterocycles. The van der Waals surface area contributed by atoms with Crippen LogP contribution in [0, 0.1) is 11.3 Å². The summed E-state index contributed by atoms with van der Waals surface area (Å²) < 4.78 is 0. The van der Waals surface area contributed by atoms with E-state index in [0.717, 1.165) is 19.4 Å². The molecule has 0 aromatic rings. The van der Waals surface area contributed by atoms with Crippen molar-refractivity contribution in [2.24, 2.45) is 11.3 Å². The Morgan fingerprint density at radius 3 is 2.50 bits per heavy atom. The highest BCUT2D eigenvalue weighted by Crippen LogP contribution is 2.37. The number of rotatable bonds is 1. The third-order valence-electron chi connectivity index (χ3n) is 3.39. The van der Waals surface area contributed by atoms with Crippen molar-refractivity contribution in [3.8, 4) is 0 Å². The topological polar surface area (TPSA) is 20.3 Å². The number of likely N-dealkylation sites (tertiary alicyclic amines) is 1. The average molecular weight is 169 g/mol. The summed E-state index contributed by atoms with van der Waals surface area (Å²) in [4.78, 5) is 13.3. The molecule has 1 amide bonds. The molecule has 0 saturated carbocycles. The lowest BCUT2D eigenvalue weighted by Crippen LogP contribution is -2.42. The van der Waals surface area contributed by atoms with E-state index in [-0.39, 0.29) is 5.41 Å². The van der Waals surface area contributed by atoms with Crippen molar-refractivity contribution in [3.63, 3.8) is 0 Å². The fourth-order valence-corrected chi connectivity index (χ4v) is 1.61.